The van der Waals surface area contributed by atoms with Crippen LogP contribution in [0.1, 0.15) is 50.1 Å². The highest BCUT2D eigenvalue weighted by Gasteiger charge is 2.43. The number of carbonyl (C=O) groups is 2. The van der Waals surface area contributed by atoms with Crippen molar-refractivity contribution in [1.29, 1.82) is 0 Å². The molecule has 1 fully saturated rings. The summed E-state index contributed by atoms with van der Waals surface area (Å²) in [7, 11) is 1.84. The average molecular weight is 396 g/mol. The molecule has 2 atom stereocenters. The highest BCUT2D eigenvalue weighted by Crippen LogP contribution is 2.44. The third-order valence-electron chi connectivity index (χ3n) is 6.03. The molecular weight excluding hydrogens is 368 g/mol. The number of aryl methyl sites for hydroxylation is 1. The van der Waals surface area contributed by atoms with Gasteiger partial charge in [0.2, 0.25) is 11.8 Å². The maximum absolute atomic E-state index is 12.7. The van der Waals surface area contributed by atoms with Crippen LogP contribution in [0.15, 0.2) is 43.0 Å². The summed E-state index contributed by atoms with van der Waals surface area (Å²) in [5.41, 5.74) is 0.605. The van der Waals surface area contributed by atoms with E-state index in [0.29, 0.717) is 32.2 Å². The van der Waals surface area contributed by atoms with Gasteiger partial charge in [-0.15, -0.1) is 0 Å². The molecule has 2 aliphatic rings. The van der Waals surface area contributed by atoms with Gasteiger partial charge in [-0.1, -0.05) is 18.2 Å². The summed E-state index contributed by atoms with van der Waals surface area (Å²) in [6.45, 7) is 1.45. The maximum atomic E-state index is 12.7. The first-order valence-corrected chi connectivity index (χ1v) is 10.3. The fourth-order valence-corrected chi connectivity index (χ4v) is 4.31. The van der Waals surface area contributed by atoms with E-state index in [0.717, 1.165) is 30.7 Å². The number of rotatable bonds is 5. The van der Waals surface area contributed by atoms with E-state index < -0.39 is 5.60 Å². The number of nitrogens with one attached hydrogen (secondary N) is 1. The fraction of sp³-hybridized carbons (Fsp3) is 0.500. The van der Waals surface area contributed by atoms with Crippen molar-refractivity contribution in [3.05, 3.63) is 48.5 Å². The number of hydrogen-bond acceptors (Lipinski definition) is 4. The van der Waals surface area contributed by atoms with Gasteiger partial charge in [-0.25, -0.2) is 4.98 Å². The molecule has 29 heavy (non-hydrogen) atoms. The smallest absolute Gasteiger partial charge is 0.222 e. The second kappa shape index (κ2) is 8.27. The Balaban J connectivity index is 1.45. The molecule has 0 aliphatic carbocycles. The number of para-hydroxylation sites is 1. The minimum absolute atomic E-state index is 0.0452. The van der Waals surface area contributed by atoms with Crippen LogP contribution in [-0.4, -0.2) is 45.5 Å². The first-order valence-electron chi connectivity index (χ1n) is 10.3. The van der Waals surface area contributed by atoms with Gasteiger partial charge in [-0.05, 0) is 18.9 Å². The number of imidazole rings is 1. The van der Waals surface area contributed by atoms with Crippen LogP contribution in [0.3, 0.4) is 0 Å². The van der Waals surface area contributed by atoms with E-state index in [9.17, 15) is 9.59 Å². The predicted molar refractivity (Wildman–Crippen MR) is 108 cm³/mol. The van der Waals surface area contributed by atoms with Crippen LogP contribution < -0.4 is 10.1 Å². The summed E-state index contributed by atoms with van der Waals surface area (Å²) < 4.78 is 8.42. The summed E-state index contributed by atoms with van der Waals surface area (Å²) in [5, 5.41) is 3.23. The van der Waals surface area contributed by atoms with Crippen molar-refractivity contribution in [1.82, 2.24) is 19.8 Å². The molecule has 1 aromatic carbocycles. The molecule has 2 amide bonds. The van der Waals surface area contributed by atoms with Gasteiger partial charge in [0, 0.05) is 63.8 Å². The molecule has 3 heterocycles. The Morgan fingerprint density at radius 2 is 2.21 bits per heavy atom. The number of hydrogen-bond donors (Lipinski definition) is 1. The number of benzene rings is 1. The lowest BCUT2D eigenvalue weighted by atomic mass is 9.82. The summed E-state index contributed by atoms with van der Waals surface area (Å²) in [4.78, 5) is 30.6. The number of likely N-dealkylation sites (tertiary alicyclic amines) is 1. The van der Waals surface area contributed by atoms with E-state index in [4.69, 9.17) is 4.74 Å². The lowest BCUT2D eigenvalue weighted by Gasteiger charge is -2.42. The molecular formula is C22H28N4O3. The summed E-state index contributed by atoms with van der Waals surface area (Å²) in [5.74, 6) is 1.02. The molecule has 1 aromatic heterocycles. The van der Waals surface area contributed by atoms with Crippen LogP contribution in [-0.2, 0) is 16.1 Å². The van der Waals surface area contributed by atoms with E-state index in [1.54, 1.807) is 17.4 Å². The van der Waals surface area contributed by atoms with Gasteiger partial charge in [0.15, 0.2) is 0 Å². The second-order valence-electron chi connectivity index (χ2n) is 8.12. The number of fused-ring (bicyclic) bond motifs is 1. The molecule has 1 saturated heterocycles. The van der Waals surface area contributed by atoms with Crippen molar-refractivity contribution in [3.8, 4) is 5.75 Å². The molecule has 7 nitrogen and oxygen atoms in total. The number of carbonyl (C=O) groups excluding carboxylic acids is 2. The van der Waals surface area contributed by atoms with Crippen molar-refractivity contribution in [2.24, 2.45) is 0 Å². The topological polar surface area (TPSA) is 76.5 Å². The van der Waals surface area contributed by atoms with Gasteiger partial charge in [0.1, 0.15) is 11.4 Å². The molecule has 7 heteroatoms. The van der Waals surface area contributed by atoms with Gasteiger partial charge >= 0.3 is 0 Å². The molecule has 0 saturated carbocycles. The Morgan fingerprint density at radius 1 is 1.34 bits per heavy atom. The molecule has 1 spiro atoms. The molecule has 154 valence electrons. The molecule has 1 N–H and O–H groups in total. The molecule has 2 aromatic rings. The molecule has 2 aliphatic heterocycles. The van der Waals surface area contributed by atoms with E-state index >= 15 is 0 Å². The van der Waals surface area contributed by atoms with Crippen LogP contribution in [0, 0.1) is 0 Å². The van der Waals surface area contributed by atoms with Crippen LogP contribution in [0.25, 0.3) is 0 Å². The Kier molecular flexibility index (Phi) is 5.56. The third kappa shape index (κ3) is 4.44. The minimum atomic E-state index is -0.413. The molecule has 4 rings (SSSR count). The zero-order valence-corrected chi connectivity index (χ0v) is 16.8. The van der Waals surface area contributed by atoms with Gasteiger partial charge in [0.25, 0.3) is 0 Å². The van der Waals surface area contributed by atoms with E-state index in [1.807, 2.05) is 42.1 Å². The van der Waals surface area contributed by atoms with E-state index in [1.165, 1.54) is 0 Å². The Bertz CT molecular complexity index is 867. The molecule has 0 radical (unpaired) electrons. The van der Waals surface area contributed by atoms with E-state index in [2.05, 4.69) is 10.3 Å². The normalized spacial score (nSPS) is 24.0. The SMILES string of the molecule is CN1CCC2(CCC1=O)CC(NC(=O)CCCn1ccnc1)c1ccccc1O2. The first kappa shape index (κ1) is 19.5. The van der Waals surface area contributed by atoms with Gasteiger partial charge in [-0.3, -0.25) is 9.59 Å². The number of nitrogens with zero attached hydrogens (tertiary/aromatic N) is 3. The zero-order chi connectivity index (χ0) is 20.3. The average Bonchev–Trinajstić information content (AvgIpc) is 3.19. The van der Waals surface area contributed by atoms with Crippen molar-refractivity contribution < 1.29 is 14.3 Å². The highest BCUT2D eigenvalue weighted by molar-refractivity contribution is 5.77. The van der Waals surface area contributed by atoms with Crippen LogP contribution in [0.5, 0.6) is 5.75 Å². The van der Waals surface area contributed by atoms with Crippen LogP contribution in [0.4, 0.5) is 0 Å². The van der Waals surface area contributed by atoms with Gasteiger partial charge in [-0.2, -0.15) is 0 Å². The Labute approximate surface area is 171 Å². The third-order valence-corrected chi connectivity index (χ3v) is 6.03. The maximum Gasteiger partial charge on any atom is 0.222 e. The number of aromatic nitrogens is 2. The monoisotopic (exact) mass is 396 g/mol. The largest absolute Gasteiger partial charge is 0.487 e. The highest BCUT2D eigenvalue weighted by atomic mass is 16.5. The fourth-order valence-electron chi connectivity index (χ4n) is 4.31. The van der Waals surface area contributed by atoms with Crippen molar-refractivity contribution in [2.75, 3.05) is 13.6 Å². The minimum Gasteiger partial charge on any atom is -0.487 e. The summed E-state index contributed by atoms with van der Waals surface area (Å²) in [6, 6.07) is 7.81. The lowest BCUT2D eigenvalue weighted by Crippen LogP contribution is -2.45. The lowest BCUT2D eigenvalue weighted by molar-refractivity contribution is -0.129. The standard InChI is InChI=1S/C22H28N4O3/c1-25-13-10-22(9-8-21(25)28)15-18(17-5-2-3-6-19(17)29-22)24-20(27)7-4-12-26-14-11-23-16-26/h2-3,5-6,11,14,16,18H,4,7-10,12-13,15H2,1H3,(H,24,27). The number of amides is 2. The first-order chi connectivity index (χ1) is 14.0. The predicted octanol–water partition coefficient (Wildman–Crippen LogP) is 2.68. The van der Waals surface area contributed by atoms with Crippen LogP contribution in [0.2, 0.25) is 0 Å². The molecule has 2 unspecified atom stereocenters. The number of ether oxygens (including phenoxy) is 1. The van der Waals surface area contributed by atoms with Gasteiger partial charge in [0.05, 0.1) is 12.4 Å². The zero-order valence-electron chi connectivity index (χ0n) is 16.8. The van der Waals surface area contributed by atoms with Crippen molar-refractivity contribution >= 4 is 11.8 Å². The Hall–Kier alpha value is -2.83. The molecule has 0 bridgehead atoms. The summed E-state index contributed by atoms with van der Waals surface area (Å²) in [6.07, 6.45) is 9.26. The Morgan fingerprint density at radius 3 is 3.03 bits per heavy atom. The quantitative estimate of drug-likeness (QED) is 0.843. The van der Waals surface area contributed by atoms with Crippen molar-refractivity contribution in [2.45, 2.75) is 56.7 Å². The second-order valence-corrected chi connectivity index (χ2v) is 8.12. The summed E-state index contributed by atoms with van der Waals surface area (Å²) >= 11 is 0. The van der Waals surface area contributed by atoms with E-state index in [-0.39, 0.29) is 17.9 Å². The van der Waals surface area contributed by atoms with Crippen LogP contribution >= 0.6 is 0 Å². The van der Waals surface area contributed by atoms with Crippen molar-refractivity contribution in [3.63, 3.8) is 0 Å². The van der Waals surface area contributed by atoms with Gasteiger partial charge < -0.3 is 19.5 Å².